The van der Waals surface area contributed by atoms with Crippen LogP contribution in [-0.4, -0.2) is 58.0 Å². The lowest BCUT2D eigenvalue weighted by molar-refractivity contribution is -0.136. The van der Waals surface area contributed by atoms with Gasteiger partial charge in [-0.05, 0) is 12.5 Å². The lowest BCUT2D eigenvalue weighted by Gasteiger charge is -2.35. The van der Waals surface area contributed by atoms with Crippen LogP contribution in [0.25, 0.3) is 6.08 Å². The minimum atomic E-state index is -0.200. The normalized spacial score (nSPS) is 17.0. The molecule has 2 aromatic rings. The Morgan fingerprint density at radius 2 is 1.81 bits per heavy atom. The second kappa shape index (κ2) is 9.00. The molecule has 0 radical (unpaired) electrons. The number of hydrogen-bond acceptors (Lipinski definition) is 3. The second-order valence-corrected chi connectivity index (χ2v) is 7.46. The first-order valence-electron chi connectivity index (χ1n) is 9.81. The van der Waals surface area contributed by atoms with Crippen LogP contribution in [0.3, 0.4) is 0 Å². The van der Waals surface area contributed by atoms with Gasteiger partial charge in [0.15, 0.2) is 0 Å². The number of aromatic nitrogens is 2. The molecule has 1 saturated heterocycles. The molecule has 1 amide bonds. The van der Waals surface area contributed by atoms with Gasteiger partial charge < -0.3 is 9.47 Å². The Bertz CT molecular complexity index is 758. The van der Waals surface area contributed by atoms with Crippen molar-refractivity contribution < 1.29 is 4.79 Å². The third-order valence-electron chi connectivity index (χ3n) is 5.15. The van der Waals surface area contributed by atoms with Gasteiger partial charge in [0, 0.05) is 51.0 Å². The van der Waals surface area contributed by atoms with Crippen LogP contribution >= 0.6 is 0 Å². The van der Waals surface area contributed by atoms with E-state index in [1.165, 1.54) is 5.56 Å². The number of benzene rings is 1. The summed E-state index contributed by atoms with van der Waals surface area (Å²) in [6.07, 6.45) is 8.07. The van der Waals surface area contributed by atoms with Crippen LogP contribution in [0.15, 0.2) is 48.8 Å². The Labute approximate surface area is 162 Å². The molecule has 1 fully saturated rings. The van der Waals surface area contributed by atoms with E-state index >= 15 is 0 Å². The molecule has 5 nitrogen and oxygen atoms in total. The Kier molecular flexibility index (Phi) is 6.45. The fourth-order valence-electron chi connectivity index (χ4n) is 3.54. The van der Waals surface area contributed by atoms with Crippen molar-refractivity contribution in [3.8, 4) is 0 Å². The molecule has 1 aromatic heterocycles. The largest absolute Gasteiger partial charge is 0.338 e. The molecule has 5 heteroatoms. The molecule has 0 spiro atoms. The zero-order valence-electron chi connectivity index (χ0n) is 16.6. The van der Waals surface area contributed by atoms with Gasteiger partial charge in [-0.3, -0.25) is 9.69 Å². The molecule has 1 atom stereocenters. The van der Waals surface area contributed by atoms with Crippen molar-refractivity contribution in [1.82, 2.24) is 19.4 Å². The molecule has 27 heavy (non-hydrogen) atoms. The van der Waals surface area contributed by atoms with Crippen LogP contribution in [0.4, 0.5) is 0 Å². The molecule has 0 N–H and O–H groups in total. The number of carbonyl (C=O) groups is 1. The molecule has 0 bridgehead atoms. The Hall–Kier alpha value is -2.40. The van der Waals surface area contributed by atoms with E-state index in [9.17, 15) is 4.79 Å². The summed E-state index contributed by atoms with van der Waals surface area (Å²) in [7, 11) is 0. The van der Waals surface area contributed by atoms with E-state index in [-0.39, 0.29) is 11.9 Å². The van der Waals surface area contributed by atoms with Crippen molar-refractivity contribution in [3.05, 3.63) is 60.2 Å². The summed E-state index contributed by atoms with van der Waals surface area (Å²) >= 11 is 0. The van der Waals surface area contributed by atoms with E-state index in [0.717, 1.165) is 38.5 Å². The Morgan fingerprint density at radius 3 is 2.48 bits per heavy atom. The number of rotatable bonds is 6. The van der Waals surface area contributed by atoms with E-state index in [4.69, 9.17) is 0 Å². The van der Waals surface area contributed by atoms with Gasteiger partial charge in [-0.2, -0.15) is 0 Å². The summed E-state index contributed by atoms with van der Waals surface area (Å²) in [5.41, 5.74) is 1.22. The van der Waals surface area contributed by atoms with Crippen molar-refractivity contribution in [3.63, 3.8) is 0 Å². The minimum absolute atomic E-state index is 0.189. The highest BCUT2D eigenvalue weighted by Gasteiger charge is 2.26. The average molecular weight is 367 g/mol. The number of amides is 1. The maximum absolute atomic E-state index is 12.9. The first-order valence-corrected chi connectivity index (χ1v) is 9.81. The van der Waals surface area contributed by atoms with Gasteiger partial charge in [-0.25, -0.2) is 4.98 Å². The fourth-order valence-corrected chi connectivity index (χ4v) is 3.54. The summed E-state index contributed by atoms with van der Waals surface area (Å²) in [5.74, 6) is 1.47. The van der Waals surface area contributed by atoms with Crippen molar-refractivity contribution in [2.24, 2.45) is 0 Å². The number of nitrogens with zero attached hydrogens (tertiary/aromatic N) is 4. The highest BCUT2D eigenvalue weighted by atomic mass is 16.2. The zero-order chi connectivity index (χ0) is 19.2. The van der Waals surface area contributed by atoms with Gasteiger partial charge in [0.2, 0.25) is 5.91 Å². The van der Waals surface area contributed by atoms with Crippen LogP contribution in [0.5, 0.6) is 0 Å². The molecular weight excluding hydrogens is 336 g/mol. The molecule has 3 rings (SSSR count). The molecule has 2 heterocycles. The number of hydrogen-bond donors (Lipinski definition) is 0. The first-order chi connectivity index (χ1) is 13.1. The maximum atomic E-state index is 12.9. The summed E-state index contributed by atoms with van der Waals surface area (Å²) in [4.78, 5) is 21.7. The first kappa shape index (κ1) is 19.4. The van der Waals surface area contributed by atoms with Crippen LogP contribution in [-0.2, 0) is 4.79 Å². The third kappa shape index (κ3) is 4.86. The molecule has 0 aliphatic carbocycles. The summed E-state index contributed by atoms with van der Waals surface area (Å²) in [6.45, 7) is 10.5. The highest BCUT2D eigenvalue weighted by Crippen LogP contribution is 2.19. The molecule has 1 unspecified atom stereocenters. The SMILES string of the molecule is CC(C)c1nccn1C(C)C(=O)N1CCN(C/C=C/c2ccccc2)CC1. The molecule has 1 aromatic carbocycles. The van der Waals surface area contributed by atoms with Gasteiger partial charge in [-0.15, -0.1) is 0 Å². The smallest absolute Gasteiger partial charge is 0.245 e. The second-order valence-electron chi connectivity index (χ2n) is 7.46. The summed E-state index contributed by atoms with van der Waals surface area (Å²) in [5, 5.41) is 0. The van der Waals surface area contributed by atoms with Crippen molar-refractivity contribution in [2.75, 3.05) is 32.7 Å². The van der Waals surface area contributed by atoms with E-state index in [1.807, 2.05) is 28.7 Å². The Morgan fingerprint density at radius 1 is 1.11 bits per heavy atom. The molecular formula is C22H30N4O. The van der Waals surface area contributed by atoms with Crippen molar-refractivity contribution in [1.29, 1.82) is 0 Å². The highest BCUT2D eigenvalue weighted by molar-refractivity contribution is 5.80. The topological polar surface area (TPSA) is 41.4 Å². The summed E-state index contributed by atoms with van der Waals surface area (Å²) in [6, 6.07) is 10.1. The van der Waals surface area contributed by atoms with Gasteiger partial charge in [-0.1, -0.05) is 56.3 Å². The van der Waals surface area contributed by atoms with E-state index in [0.29, 0.717) is 5.92 Å². The standard InChI is InChI=1S/C22H30N4O/c1-18(2)21-23-11-13-26(21)19(3)22(27)25-16-14-24(15-17-25)12-7-10-20-8-5-4-6-9-20/h4-11,13,18-19H,12,14-17H2,1-3H3/b10-7+. The monoisotopic (exact) mass is 366 g/mol. The zero-order valence-corrected chi connectivity index (χ0v) is 16.6. The van der Waals surface area contributed by atoms with Crippen LogP contribution < -0.4 is 0 Å². The quantitative estimate of drug-likeness (QED) is 0.787. The van der Waals surface area contributed by atoms with E-state index in [2.05, 4.69) is 60.1 Å². The molecule has 144 valence electrons. The third-order valence-corrected chi connectivity index (χ3v) is 5.15. The molecule has 0 saturated carbocycles. The van der Waals surface area contributed by atoms with Crippen molar-refractivity contribution in [2.45, 2.75) is 32.7 Å². The van der Waals surface area contributed by atoms with Gasteiger partial charge >= 0.3 is 0 Å². The summed E-state index contributed by atoms with van der Waals surface area (Å²) < 4.78 is 2.02. The van der Waals surface area contributed by atoms with E-state index in [1.54, 1.807) is 6.20 Å². The number of imidazole rings is 1. The fraction of sp³-hybridized carbons (Fsp3) is 0.455. The van der Waals surface area contributed by atoms with Crippen molar-refractivity contribution >= 4 is 12.0 Å². The lowest BCUT2D eigenvalue weighted by Crippen LogP contribution is -2.50. The van der Waals surface area contributed by atoms with Crippen LogP contribution in [0.2, 0.25) is 0 Å². The minimum Gasteiger partial charge on any atom is -0.338 e. The Balaban J connectivity index is 1.50. The molecule has 1 aliphatic heterocycles. The number of carbonyl (C=O) groups excluding carboxylic acids is 1. The van der Waals surface area contributed by atoms with E-state index < -0.39 is 0 Å². The van der Waals surface area contributed by atoms with Crippen LogP contribution in [0.1, 0.15) is 44.1 Å². The lowest BCUT2D eigenvalue weighted by atomic mass is 10.1. The van der Waals surface area contributed by atoms with Gasteiger partial charge in [0.25, 0.3) is 0 Å². The van der Waals surface area contributed by atoms with Gasteiger partial charge in [0.1, 0.15) is 11.9 Å². The average Bonchev–Trinajstić information content (AvgIpc) is 3.18. The molecule has 1 aliphatic rings. The predicted octanol–water partition coefficient (Wildman–Crippen LogP) is 3.43. The van der Waals surface area contributed by atoms with Gasteiger partial charge in [0.05, 0.1) is 0 Å². The van der Waals surface area contributed by atoms with Crippen LogP contribution in [0, 0.1) is 0 Å². The number of piperazine rings is 1. The predicted molar refractivity (Wildman–Crippen MR) is 110 cm³/mol. The maximum Gasteiger partial charge on any atom is 0.245 e.